The summed E-state index contributed by atoms with van der Waals surface area (Å²) in [7, 11) is 0. The van der Waals surface area contributed by atoms with Crippen LogP contribution in [0, 0.1) is 0 Å². The molecular weight excluding hydrogens is 464 g/mol. The fourth-order valence-electron chi connectivity index (χ4n) is 3.44. The third kappa shape index (κ3) is 6.39. The lowest BCUT2D eigenvalue weighted by atomic mass is 10.1. The highest BCUT2D eigenvalue weighted by atomic mass is 32.1. The van der Waals surface area contributed by atoms with Gasteiger partial charge in [0, 0.05) is 34.8 Å². The SMILES string of the molecule is CC(C)(C)OC(=O)NCCOc1cc(-c2ccnc3[nH]ccc23)sc1C(=O)NCc1ccccc1. The van der Waals surface area contributed by atoms with Gasteiger partial charge in [0.1, 0.15) is 28.5 Å². The number of alkyl carbamates (subject to hydrolysis) is 1. The van der Waals surface area contributed by atoms with Crippen molar-refractivity contribution in [2.75, 3.05) is 13.2 Å². The van der Waals surface area contributed by atoms with Crippen molar-refractivity contribution in [3.05, 3.63) is 71.4 Å². The number of aromatic nitrogens is 2. The first kappa shape index (κ1) is 24.3. The summed E-state index contributed by atoms with van der Waals surface area (Å²) in [5.41, 5.74) is 2.16. The minimum absolute atomic E-state index is 0.185. The molecule has 0 aliphatic rings. The first-order valence-corrected chi connectivity index (χ1v) is 12.1. The molecule has 0 saturated heterocycles. The van der Waals surface area contributed by atoms with E-state index in [9.17, 15) is 9.59 Å². The van der Waals surface area contributed by atoms with Crippen LogP contribution in [0.1, 0.15) is 36.0 Å². The van der Waals surface area contributed by atoms with Gasteiger partial charge in [0.25, 0.3) is 5.91 Å². The molecule has 0 spiro atoms. The van der Waals surface area contributed by atoms with Crippen molar-refractivity contribution in [1.82, 2.24) is 20.6 Å². The highest BCUT2D eigenvalue weighted by Gasteiger charge is 2.20. The normalized spacial score (nSPS) is 11.3. The summed E-state index contributed by atoms with van der Waals surface area (Å²) in [5, 5.41) is 6.60. The van der Waals surface area contributed by atoms with Gasteiger partial charge in [0.05, 0.1) is 6.54 Å². The van der Waals surface area contributed by atoms with E-state index in [1.54, 1.807) is 27.0 Å². The Morgan fingerprint density at radius 2 is 1.89 bits per heavy atom. The Morgan fingerprint density at radius 1 is 1.09 bits per heavy atom. The van der Waals surface area contributed by atoms with E-state index in [2.05, 4.69) is 20.6 Å². The maximum Gasteiger partial charge on any atom is 0.407 e. The van der Waals surface area contributed by atoms with Gasteiger partial charge in [0.2, 0.25) is 0 Å². The van der Waals surface area contributed by atoms with E-state index in [0.717, 1.165) is 27.0 Å². The van der Waals surface area contributed by atoms with Crippen LogP contribution in [0.4, 0.5) is 4.79 Å². The zero-order valence-electron chi connectivity index (χ0n) is 19.9. The molecule has 9 heteroatoms. The third-order valence-corrected chi connectivity index (χ3v) is 6.10. The predicted octanol–water partition coefficient (Wildman–Crippen LogP) is 5.12. The van der Waals surface area contributed by atoms with Crippen molar-refractivity contribution in [3.63, 3.8) is 0 Å². The molecule has 0 bridgehead atoms. The second-order valence-electron chi connectivity index (χ2n) is 8.85. The topological polar surface area (TPSA) is 105 Å². The van der Waals surface area contributed by atoms with Crippen LogP contribution < -0.4 is 15.4 Å². The molecular formula is C26H28N4O4S. The van der Waals surface area contributed by atoms with Crippen molar-refractivity contribution < 1.29 is 19.1 Å². The second-order valence-corrected chi connectivity index (χ2v) is 9.90. The number of pyridine rings is 1. The zero-order chi connectivity index (χ0) is 24.8. The summed E-state index contributed by atoms with van der Waals surface area (Å²) in [5.74, 6) is 0.238. The number of rotatable bonds is 8. The lowest BCUT2D eigenvalue weighted by molar-refractivity contribution is 0.0519. The fourth-order valence-corrected chi connectivity index (χ4v) is 4.49. The van der Waals surface area contributed by atoms with Crippen molar-refractivity contribution in [2.45, 2.75) is 32.9 Å². The molecule has 0 saturated carbocycles. The molecule has 3 N–H and O–H groups in total. The van der Waals surface area contributed by atoms with E-state index < -0.39 is 11.7 Å². The number of benzene rings is 1. The van der Waals surface area contributed by atoms with Gasteiger partial charge in [-0.25, -0.2) is 9.78 Å². The van der Waals surface area contributed by atoms with E-state index in [-0.39, 0.29) is 19.1 Å². The van der Waals surface area contributed by atoms with E-state index >= 15 is 0 Å². The number of ether oxygens (including phenoxy) is 2. The highest BCUT2D eigenvalue weighted by molar-refractivity contribution is 7.17. The molecule has 3 aromatic heterocycles. The summed E-state index contributed by atoms with van der Waals surface area (Å²) >= 11 is 1.36. The number of nitrogens with one attached hydrogen (secondary N) is 3. The molecule has 0 fully saturated rings. The van der Waals surface area contributed by atoms with Crippen LogP contribution in [-0.2, 0) is 11.3 Å². The molecule has 3 heterocycles. The van der Waals surface area contributed by atoms with Crippen LogP contribution in [0.5, 0.6) is 5.75 Å². The monoisotopic (exact) mass is 492 g/mol. The molecule has 0 aliphatic carbocycles. The number of thiophene rings is 1. The lowest BCUT2D eigenvalue weighted by Crippen LogP contribution is -2.34. The van der Waals surface area contributed by atoms with Crippen molar-refractivity contribution in [2.24, 2.45) is 0 Å². The van der Waals surface area contributed by atoms with Gasteiger partial charge in [-0.05, 0) is 44.5 Å². The Kier molecular flexibility index (Phi) is 7.36. The Balaban J connectivity index is 1.51. The fraction of sp³-hybridized carbons (Fsp3) is 0.269. The summed E-state index contributed by atoms with van der Waals surface area (Å²) in [4.78, 5) is 33.8. The molecule has 8 nitrogen and oxygen atoms in total. The van der Waals surface area contributed by atoms with Crippen molar-refractivity contribution in [1.29, 1.82) is 0 Å². The number of H-pyrrole nitrogens is 1. The number of nitrogens with zero attached hydrogens (tertiary/aromatic N) is 1. The molecule has 0 radical (unpaired) electrons. The van der Waals surface area contributed by atoms with Crippen molar-refractivity contribution >= 4 is 34.4 Å². The molecule has 1 aromatic carbocycles. The van der Waals surface area contributed by atoms with Crippen LogP contribution in [-0.4, -0.2) is 40.7 Å². The lowest BCUT2D eigenvalue weighted by Gasteiger charge is -2.19. The number of aromatic amines is 1. The average molecular weight is 493 g/mol. The maximum atomic E-state index is 13.1. The quantitative estimate of drug-likeness (QED) is 0.296. The number of amides is 2. The van der Waals surface area contributed by atoms with Gasteiger partial charge in [-0.15, -0.1) is 11.3 Å². The number of carbonyl (C=O) groups excluding carboxylic acids is 2. The van der Waals surface area contributed by atoms with E-state index in [1.165, 1.54) is 11.3 Å². The largest absolute Gasteiger partial charge is 0.490 e. The van der Waals surface area contributed by atoms with Gasteiger partial charge in [0.15, 0.2) is 0 Å². The zero-order valence-corrected chi connectivity index (χ0v) is 20.7. The van der Waals surface area contributed by atoms with Crippen LogP contribution in [0.3, 0.4) is 0 Å². The van der Waals surface area contributed by atoms with E-state index in [4.69, 9.17) is 9.47 Å². The maximum absolute atomic E-state index is 13.1. The minimum atomic E-state index is -0.578. The summed E-state index contributed by atoms with van der Waals surface area (Å²) in [6.45, 7) is 6.24. The van der Waals surface area contributed by atoms with Gasteiger partial charge in [-0.3, -0.25) is 4.79 Å². The van der Waals surface area contributed by atoms with Gasteiger partial charge < -0.3 is 25.1 Å². The third-order valence-electron chi connectivity index (χ3n) is 4.95. The summed E-state index contributed by atoms with van der Waals surface area (Å²) < 4.78 is 11.2. The Bertz CT molecular complexity index is 1310. The molecule has 0 atom stereocenters. The predicted molar refractivity (Wildman–Crippen MR) is 137 cm³/mol. The highest BCUT2D eigenvalue weighted by Crippen LogP contribution is 2.39. The Morgan fingerprint density at radius 3 is 2.66 bits per heavy atom. The Hall–Kier alpha value is -3.85. The number of fused-ring (bicyclic) bond motifs is 1. The first-order chi connectivity index (χ1) is 16.8. The molecule has 4 rings (SSSR count). The standard InChI is InChI=1S/C26H28N4O4S/c1-26(2,3)34-25(32)29-13-14-33-20-15-21(18-9-11-27-23-19(18)10-12-28-23)35-22(20)24(31)30-16-17-7-5-4-6-8-17/h4-12,15H,13-14,16H2,1-3H3,(H,27,28)(H,29,32)(H,30,31). The Labute approximate surface area is 207 Å². The average Bonchev–Trinajstić information content (AvgIpc) is 3.47. The first-order valence-electron chi connectivity index (χ1n) is 11.3. The molecule has 0 unspecified atom stereocenters. The van der Waals surface area contributed by atoms with Crippen LogP contribution >= 0.6 is 11.3 Å². The van der Waals surface area contributed by atoms with E-state index in [1.807, 2.05) is 54.7 Å². The van der Waals surface area contributed by atoms with Gasteiger partial charge in [-0.1, -0.05) is 30.3 Å². The second kappa shape index (κ2) is 10.6. The van der Waals surface area contributed by atoms with Crippen LogP contribution in [0.2, 0.25) is 0 Å². The van der Waals surface area contributed by atoms with Gasteiger partial charge >= 0.3 is 6.09 Å². The van der Waals surface area contributed by atoms with Crippen LogP contribution in [0.15, 0.2) is 60.9 Å². The number of carbonyl (C=O) groups is 2. The molecule has 35 heavy (non-hydrogen) atoms. The molecule has 2 amide bonds. The van der Waals surface area contributed by atoms with Crippen molar-refractivity contribution in [3.8, 4) is 16.2 Å². The summed E-state index contributed by atoms with van der Waals surface area (Å²) in [6, 6.07) is 15.4. The minimum Gasteiger partial charge on any atom is -0.490 e. The number of hydrogen-bond acceptors (Lipinski definition) is 6. The van der Waals surface area contributed by atoms with Gasteiger partial charge in [-0.2, -0.15) is 0 Å². The summed E-state index contributed by atoms with van der Waals surface area (Å²) in [6.07, 6.45) is 3.05. The number of hydrogen-bond donors (Lipinski definition) is 3. The molecule has 0 aliphatic heterocycles. The smallest absolute Gasteiger partial charge is 0.407 e. The molecule has 4 aromatic rings. The van der Waals surface area contributed by atoms with Crippen LogP contribution in [0.25, 0.3) is 21.5 Å². The van der Waals surface area contributed by atoms with E-state index in [0.29, 0.717) is 17.2 Å². The molecule has 182 valence electrons.